The Morgan fingerprint density at radius 3 is 2.77 bits per heavy atom. The van der Waals surface area contributed by atoms with Crippen LogP contribution in [-0.2, 0) is 0 Å². The minimum atomic E-state index is -0.704. The van der Waals surface area contributed by atoms with Gasteiger partial charge >= 0.3 is 0 Å². The van der Waals surface area contributed by atoms with Gasteiger partial charge in [-0.15, -0.1) is 0 Å². The van der Waals surface area contributed by atoms with Crippen LogP contribution in [0.25, 0.3) is 0 Å². The van der Waals surface area contributed by atoms with Crippen molar-refractivity contribution >= 4 is 45.0 Å². The van der Waals surface area contributed by atoms with Crippen LogP contribution in [0.2, 0.25) is 5.02 Å². The molecule has 0 saturated heterocycles. The van der Waals surface area contributed by atoms with Crippen LogP contribution in [0.4, 0.5) is 10.1 Å². The molecular weight excluding hydrogens is 475 g/mol. The second-order valence-electron chi connectivity index (χ2n) is 6.67. The number of ether oxygens (including phenoxy) is 1. The number of halogens is 3. The summed E-state index contributed by atoms with van der Waals surface area (Å²) < 4.78 is 19.7. The number of anilines is 1. The van der Waals surface area contributed by atoms with Gasteiger partial charge in [0.25, 0.3) is 11.8 Å². The van der Waals surface area contributed by atoms with Crippen molar-refractivity contribution in [2.75, 3.05) is 12.4 Å². The monoisotopic (exact) mass is 488 g/mol. The molecule has 8 heteroatoms. The average molecular weight is 490 g/mol. The first-order valence-corrected chi connectivity index (χ1v) is 10.1. The third kappa shape index (κ3) is 3.78. The molecule has 4 rings (SSSR count). The Bertz CT molecular complexity index is 1190. The van der Waals surface area contributed by atoms with Crippen molar-refractivity contribution in [3.05, 3.63) is 92.2 Å². The van der Waals surface area contributed by atoms with Crippen molar-refractivity contribution in [1.29, 1.82) is 0 Å². The fourth-order valence-electron chi connectivity index (χ4n) is 3.43. The number of methoxy groups -OCH3 is 1. The number of benzene rings is 3. The van der Waals surface area contributed by atoms with Crippen LogP contribution in [0.5, 0.6) is 5.75 Å². The number of hydrogen-bond donors (Lipinski definition) is 2. The number of fused-ring (bicyclic) bond motifs is 1. The summed E-state index contributed by atoms with van der Waals surface area (Å²) in [5.41, 5.74) is 2.10. The molecule has 30 heavy (non-hydrogen) atoms. The van der Waals surface area contributed by atoms with E-state index in [1.165, 1.54) is 25.3 Å². The second kappa shape index (κ2) is 8.08. The quantitative estimate of drug-likeness (QED) is 0.520. The number of carbonyl (C=O) groups is 2. The maximum Gasteiger partial charge on any atom is 0.255 e. The van der Waals surface area contributed by atoms with E-state index in [-0.39, 0.29) is 11.8 Å². The fraction of sp³-hybridized carbons (Fsp3) is 0.0909. The summed E-state index contributed by atoms with van der Waals surface area (Å²) in [5, 5.41) is 5.98. The van der Waals surface area contributed by atoms with Crippen molar-refractivity contribution in [3.63, 3.8) is 0 Å². The van der Waals surface area contributed by atoms with Crippen molar-refractivity contribution in [2.45, 2.75) is 6.04 Å². The highest BCUT2D eigenvalue weighted by atomic mass is 79.9. The second-order valence-corrected chi connectivity index (χ2v) is 8.00. The summed E-state index contributed by atoms with van der Waals surface area (Å²) in [6.07, 6.45) is 0. The van der Waals surface area contributed by atoms with Gasteiger partial charge in [0.05, 0.1) is 13.2 Å². The number of carbonyl (C=O) groups excluding carboxylic acids is 2. The molecule has 1 unspecified atom stereocenters. The van der Waals surface area contributed by atoms with E-state index < -0.39 is 11.9 Å². The van der Waals surface area contributed by atoms with Gasteiger partial charge in [-0.1, -0.05) is 33.6 Å². The highest BCUT2D eigenvalue weighted by Gasteiger charge is 2.34. The normalized spacial score (nSPS) is 14.8. The lowest BCUT2D eigenvalue weighted by molar-refractivity contribution is 0.0959. The molecule has 2 N–H and O–H groups in total. The summed E-state index contributed by atoms with van der Waals surface area (Å²) in [4.78, 5) is 25.5. The van der Waals surface area contributed by atoms with Gasteiger partial charge in [0, 0.05) is 37.4 Å². The number of nitrogens with one attached hydrogen (secondary N) is 2. The van der Waals surface area contributed by atoms with E-state index in [0.717, 1.165) is 0 Å². The van der Waals surface area contributed by atoms with Crippen molar-refractivity contribution in [3.8, 4) is 5.75 Å². The van der Waals surface area contributed by atoms with Crippen molar-refractivity contribution in [1.82, 2.24) is 5.32 Å². The van der Waals surface area contributed by atoms with Gasteiger partial charge in [0.15, 0.2) is 0 Å². The van der Waals surface area contributed by atoms with Crippen LogP contribution in [0.15, 0.2) is 59.1 Å². The zero-order valence-electron chi connectivity index (χ0n) is 15.6. The molecule has 0 bridgehead atoms. The highest BCUT2D eigenvalue weighted by molar-refractivity contribution is 9.10. The van der Waals surface area contributed by atoms with Crippen LogP contribution in [0, 0.1) is 5.82 Å². The highest BCUT2D eigenvalue weighted by Crippen LogP contribution is 2.41. The predicted molar refractivity (Wildman–Crippen MR) is 116 cm³/mol. The van der Waals surface area contributed by atoms with Gasteiger partial charge in [0.2, 0.25) is 0 Å². The van der Waals surface area contributed by atoms with Crippen LogP contribution in [0.1, 0.15) is 37.9 Å². The molecule has 5 nitrogen and oxygen atoms in total. The SMILES string of the molecule is COc1cccc(C(=O)Nc2cc(Br)cc3c2C(c2cc(F)ccc2Cl)NC3=O)c1. The summed E-state index contributed by atoms with van der Waals surface area (Å²) >= 11 is 9.66. The van der Waals surface area contributed by atoms with Crippen LogP contribution in [0.3, 0.4) is 0 Å². The molecule has 1 aliphatic rings. The molecule has 1 heterocycles. The molecule has 1 atom stereocenters. The van der Waals surface area contributed by atoms with Gasteiger partial charge < -0.3 is 15.4 Å². The van der Waals surface area contributed by atoms with Crippen LogP contribution in [-0.4, -0.2) is 18.9 Å². The summed E-state index contributed by atoms with van der Waals surface area (Å²) in [7, 11) is 1.52. The van der Waals surface area contributed by atoms with Crippen LogP contribution < -0.4 is 15.4 Å². The van der Waals surface area contributed by atoms with Crippen molar-refractivity contribution in [2.24, 2.45) is 0 Å². The summed E-state index contributed by atoms with van der Waals surface area (Å²) in [6, 6.07) is 13.3. The lowest BCUT2D eigenvalue weighted by Gasteiger charge is -2.18. The minimum Gasteiger partial charge on any atom is -0.497 e. The Morgan fingerprint density at radius 2 is 2.00 bits per heavy atom. The molecule has 1 aliphatic heterocycles. The topological polar surface area (TPSA) is 67.4 Å². The Morgan fingerprint density at radius 1 is 1.20 bits per heavy atom. The zero-order valence-corrected chi connectivity index (χ0v) is 18.0. The van der Waals surface area contributed by atoms with Crippen LogP contribution >= 0.6 is 27.5 Å². The third-order valence-electron chi connectivity index (χ3n) is 4.80. The fourth-order valence-corrected chi connectivity index (χ4v) is 4.11. The standard InChI is InChI=1S/C22H15BrClFN2O3/c1-30-14-4-2-3-11(7-14)21(28)26-18-9-12(23)8-16-19(18)20(27-22(16)29)15-10-13(25)5-6-17(15)24/h2-10,20H,1H3,(H,26,28)(H,27,29). The average Bonchev–Trinajstić information content (AvgIpc) is 3.06. The largest absolute Gasteiger partial charge is 0.497 e. The smallest absolute Gasteiger partial charge is 0.255 e. The molecule has 3 aromatic rings. The Labute approximate surface area is 185 Å². The maximum atomic E-state index is 13.9. The molecule has 2 amide bonds. The lowest BCUT2D eigenvalue weighted by Crippen LogP contribution is -2.21. The first-order valence-electron chi connectivity index (χ1n) is 8.92. The van der Waals surface area contributed by atoms with Gasteiger partial charge in [-0.3, -0.25) is 9.59 Å². The van der Waals surface area contributed by atoms with E-state index in [2.05, 4.69) is 26.6 Å². The summed E-state index contributed by atoms with van der Waals surface area (Å²) in [6.45, 7) is 0. The third-order valence-corrected chi connectivity index (χ3v) is 5.60. The lowest BCUT2D eigenvalue weighted by atomic mass is 9.96. The molecular formula is C22H15BrClFN2O3. The van der Waals surface area contributed by atoms with E-state index in [9.17, 15) is 14.0 Å². The Hall–Kier alpha value is -2.90. The van der Waals surface area contributed by atoms with Crippen molar-refractivity contribution < 1.29 is 18.7 Å². The zero-order chi connectivity index (χ0) is 21.4. The van der Waals surface area contributed by atoms with E-state index in [1.807, 2.05) is 0 Å². The first-order chi connectivity index (χ1) is 14.4. The van der Waals surface area contributed by atoms with Gasteiger partial charge in [0.1, 0.15) is 11.6 Å². The number of hydrogen-bond acceptors (Lipinski definition) is 3. The molecule has 0 fully saturated rings. The van der Waals surface area contributed by atoms with E-state index in [0.29, 0.717) is 43.2 Å². The molecule has 0 spiro atoms. The van der Waals surface area contributed by atoms with E-state index in [1.54, 1.807) is 36.4 Å². The van der Waals surface area contributed by atoms with E-state index >= 15 is 0 Å². The predicted octanol–water partition coefficient (Wildman–Crippen LogP) is 5.34. The van der Waals surface area contributed by atoms with Gasteiger partial charge in [-0.2, -0.15) is 0 Å². The minimum absolute atomic E-state index is 0.308. The maximum absolute atomic E-state index is 13.9. The molecule has 3 aromatic carbocycles. The molecule has 0 saturated carbocycles. The first kappa shape index (κ1) is 20.4. The Kier molecular flexibility index (Phi) is 5.49. The summed E-state index contributed by atoms with van der Waals surface area (Å²) in [5.74, 6) is -0.647. The molecule has 152 valence electrons. The number of rotatable bonds is 4. The van der Waals surface area contributed by atoms with Gasteiger partial charge in [-0.05, 0) is 48.5 Å². The Balaban J connectivity index is 1.79. The molecule has 0 aliphatic carbocycles. The molecule has 0 radical (unpaired) electrons. The van der Waals surface area contributed by atoms with E-state index in [4.69, 9.17) is 16.3 Å². The van der Waals surface area contributed by atoms with Gasteiger partial charge in [-0.25, -0.2) is 4.39 Å². The molecule has 0 aromatic heterocycles. The number of amides is 2.